The van der Waals surface area contributed by atoms with Crippen LogP contribution in [-0.2, 0) is 29.4 Å². The molecule has 11 heteroatoms. The topological polar surface area (TPSA) is 147 Å². The molecule has 8 nitrogen and oxygen atoms in total. The zero-order valence-corrected chi connectivity index (χ0v) is 12.6. The van der Waals surface area contributed by atoms with Crippen molar-refractivity contribution in [3.05, 3.63) is 11.6 Å². The predicted octanol–water partition coefficient (Wildman–Crippen LogP) is -0.884. The number of carbonyl (C=O) groups excluding carboxylic acids is 1. The molecular weight excluding hydrogens is 328 g/mol. The van der Waals surface area contributed by atoms with Gasteiger partial charge < -0.3 is 10.5 Å². The number of thiophene rings is 1. The number of esters is 1. The molecular formula is C9H12N2O6S3. The highest BCUT2D eigenvalue weighted by Crippen LogP contribution is 2.41. The van der Waals surface area contributed by atoms with Crippen LogP contribution in [0, 0.1) is 0 Å². The Morgan fingerprint density at radius 2 is 2.15 bits per heavy atom. The summed E-state index contributed by atoms with van der Waals surface area (Å²) in [6.07, 6.45) is -0.765. The van der Waals surface area contributed by atoms with Crippen molar-refractivity contribution in [2.75, 3.05) is 12.3 Å². The van der Waals surface area contributed by atoms with Crippen molar-refractivity contribution in [2.24, 2.45) is 10.9 Å². The lowest BCUT2D eigenvalue weighted by atomic mass is 10.1. The van der Waals surface area contributed by atoms with Gasteiger partial charge in [0.15, 0.2) is 9.84 Å². The first kappa shape index (κ1) is 15.4. The molecule has 0 aliphatic carbocycles. The number of fused-ring (bicyclic) bond motifs is 1. The molecule has 1 aliphatic heterocycles. The van der Waals surface area contributed by atoms with Gasteiger partial charge in [0, 0.05) is 12.0 Å². The standard InChI is InChI=1S/C9H12N2O6S3/c10-4-7(12)17-6-1-2-19(13,14)9-5(6)3-8(18-9)20(11,15)16/h3,6H,1-2,4,10H2,(H2,11,15,16). The molecule has 2 heterocycles. The molecule has 2 rings (SSSR count). The van der Waals surface area contributed by atoms with Crippen molar-refractivity contribution in [2.45, 2.75) is 20.9 Å². The summed E-state index contributed by atoms with van der Waals surface area (Å²) in [7, 11) is -7.60. The number of carbonyl (C=O) groups is 1. The molecule has 0 fully saturated rings. The Morgan fingerprint density at radius 1 is 1.50 bits per heavy atom. The minimum absolute atomic E-state index is 0.0574. The average molecular weight is 340 g/mol. The molecule has 0 amide bonds. The fraction of sp³-hybridized carbons (Fsp3) is 0.444. The maximum absolute atomic E-state index is 11.9. The van der Waals surface area contributed by atoms with E-state index in [2.05, 4.69) is 0 Å². The van der Waals surface area contributed by atoms with E-state index in [-0.39, 0.29) is 32.7 Å². The van der Waals surface area contributed by atoms with Gasteiger partial charge in [-0.05, 0) is 6.07 Å². The molecule has 4 N–H and O–H groups in total. The first-order chi connectivity index (χ1) is 9.15. The zero-order chi connectivity index (χ0) is 15.1. The van der Waals surface area contributed by atoms with E-state index in [1.54, 1.807) is 0 Å². The quantitative estimate of drug-likeness (QED) is 0.679. The van der Waals surface area contributed by atoms with E-state index in [1.807, 2.05) is 0 Å². The number of ether oxygens (including phenoxy) is 1. The van der Waals surface area contributed by atoms with Crippen LogP contribution in [0.1, 0.15) is 18.1 Å². The second-order valence-electron chi connectivity index (χ2n) is 4.14. The van der Waals surface area contributed by atoms with Crippen LogP contribution in [0.4, 0.5) is 0 Å². The molecule has 1 aliphatic rings. The van der Waals surface area contributed by atoms with Crippen molar-refractivity contribution in [1.82, 2.24) is 0 Å². The van der Waals surface area contributed by atoms with Gasteiger partial charge in [-0.1, -0.05) is 0 Å². The van der Waals surface area contributed by atoms with E-state index in [1.165, 1.54) is 0 Å². The second-order valence-corrected chi connectivity index (χ2v) is 9.29. The maximum atomic E-state index is 11.9. The Hall–Kier alpha value is -1.01. The van der Waals surface area contributed by atoms with Crippen molar-refractivity contribution in [1.29, 1.82) is 0 Å². The summed E-state index contributed by atoms with van der Waals surface area (Å²) in [5, 5.41) is 4.99. The highest BCUT2D eigenvalue weighted by atomic mass is 32.3. The Bertz CT molecular complexity index is 749. The van der Waals surface area contributed by atoms with Crippen LogP contribution in [0.25, 0.3) is 0 Å². The van der Waals surface area contributed by atoms with Crippen molar-refractivity contribution in [3.63, 3.8) is 0 Å². The molecule has 0 aromatic carbocycles. The van der Waals surface area contributed by atoms with Gasteiger partial charge in [-0.15, -0.1) is 11.3 Å². The van der Waals surface area contributed by atoms with E-state index in [0.717, 1.165) is 6.07 Å². The third kappa shape index (κ3) is 2.86. The van der Waals surface area contributed by atoms with Crippen molar-refractivity contribution < 1.29 is 26.4 Å². The summed E-state index contributed by atoms with van der Waals surface area (Å²) in [5.74, 6) is -0.920. The lowest BCUT2D eigenvalue weighted by molar-refractivity contribution is -0.148. The first-order valence-corrected chi connectivity index (χ1v) is 9.45. The maximum Gasteiger partial charge on any atom is 0.320 e. The van der Waals surface area contributed by atoms with Crippen LogP contribution in [-0.4, -0.2) is 35.1 Å². The molecule has 1 aromatic heterocycles. The van der Waals surface area contributed by atoms with Gasteiger partial charge in [0.25, 0.3) is 0 Å². The first-order valence-electron chi connectivity index (χ1n) is 5.44. The minimum Gasteiger partial charge on any atom is -0.456 e. The number of sulfone groups is 1. The fourth-order valence-corrected chi connectivity index (χ4v) is 5.94. The van der Waals surface area contributed by atoms with Gasteiger partial charge in [-0.3, -0.25) is 4.79 Å². The van der Waals surface area contributed by atoms with E-state index in [0.29, 0.717) is 11.3 Å². The number of primary sulfonamides is 1. The third-order valence-corrected chi connectivity index (χ3v) is 7.65. The van der Waals surface area contributed by atoms with Gasteiger partial charge in [0.1, 0.15) is 14.5 Å². The number of hydrogen-bond donors (Lipinski definition) is 2. The lowest BCUT2D eigenvalue weighted by Gasteiger charge is -2.22. The summed E-state index contributed by atoms with van der Waals surface area (Å²) in [6.45, 7) is -0.342. The molecule has 0 saturated carbocycles. The van der Waals surface area contributed by atoms with Gasteiger partial charge in [-0.25, -0.2) is 22.0 Å². The Morgan fingerprint density at radius 3 is 2.70 bits per heavy atom. The summed E-state index contributed by atoms with van der Waals surface area (Å²) < 4.78 is 51.1. The highest BCUT2D eigenvalue weighted by Gasteiger charge is 2.36. The number of sulfonamides is 1. The molecule has 0 bridgehead atoms. The summed E-state index contributed by atoms with van der Waals surface area (Å²) in [5.41, 5.74) is 5.28. The van der Waals surface area contributed by atoms with Crippen LogP contribution < -0.4 is 10.9 Å². The van der Waals surface area contributed by atoms with Gasteiger partial charge in [-0.2, -0.15) is 0 Å². The van der Waals surface area contributed by atoms with Gasteiger partial charge >= 0.3 is 5.97 Å². The minimum atomic E-state index is -4.02. The lowest BCUT2D eigenvalue weighted by Crippen LogP contribution is -2.25. The van der Waals surface area contributed by atoms with Crippen LogP contribution in [0.2, 0.25) is 0 Å². The summed E-state index contributed by atoms with van der Waals surface area (Å²) in [4.78, 5) is 11.2. The average Bonchev–Trinajstić information content (AvgIpc) is 2.79. The molecule has 0 saturated heterocycles. The molecule has 1 aromatic rings. The second kappa shape index (κ2) is 5.07. The molecule has 1 unspecified atom stereocenters. The Kier molecular flexibility index (Phi) is 3.90. The monoisotopic (exact) mass is 340 g/mol. The summed E-state index contributed by atoms with van der Waals surface area (Å²) >= 11 is 0.564. The Balaban J connectivity index is 2.52. The largest absolute Gasteiger partial charge is 0.456 e. The van der Waals surface area contributed by atoms with Gasteiger partial charge in [0.2, 0.25) is 10.0 Å². The highest BCUT2D eigenvalue weighted by molar-refractivity contribution is 7.95. The molecule has 112 valence electrons. The van der Waals surface area contributed by atoms with E-state index >= 15 is 0 Å². The van der Waals surface area contributed by atoms with Gasteiger partial charge in [0.05, 0.1) is 12.3 Å². The molecule has 20 heavy (non-hydrogen) atoms. The normalized spacial score (nSPS) is 21.2. The Labute approximate surface area is 119 Å². The van der Waals surface area contributed by atoms with Crippen molar-refractivity contribution >= 4 is 37.2 Å². The van der Waals surface area contributed by atoms with E-state index in [9.17, 15) is 21.6 Å². The van der Waals surface area contributed by atoms with Crippen LogP contribution in [0.3, 0.4) is 0 Å². The molecule has 0 spiro atoms. The van der Waals surface area contributed by atoms with Crippen LogP contribution in [0.5, 0.6) is 0 Å². The molecule has 0 radical (unpaired) electrons. The van der Waals surface area contributed by atoms with Crippen molar-refractivity contribution in [3.8, 4) is 0 Å². The smallest absolute Gasteiger partial charge is 0.320 e. The van der Waals surface area contributed by atoms with Crippen LogP contribution >= 0.6 is 11.3 Å². The number of rotatable bonds is 3. The zero-order valence-electron chi connectivity index (χ0n) is 10.1. The number of nitrogens with two attached hydrogens (primary N) is 2. The fourth-order valence-electron chi connectivity index (χ4n) is 1.81. The third-order valence-electron chi connectivity index (χ3n) is 2.70. The predicted molar refractivity (Wildman–Crippen MR) is 70.2 cm³/mol. The molecule has 1 atom stereocenters. The van der Waals surface area contributed by atoms with E-state index in [4.69, 9.17) is 15.6 Å². The number of hydrogen-bond acceptors (Lipinski definition) is 8. The SMILES string of the molecule is NCC(=O)OC1CCS(=O)(=O)c2sc(S(N)(=O)=O)cc21. The van der Waals surface area contributed by atoms with Crippen LogP contribution in [0.15, 0.2) is 14.5 Å². The van der Waals surface area contributed by atoms with E-state index < -0.39 is 31.9 Å². The summed E-state index contributed by atoms with van der Waals surface area (Å²) in [6, 6.07) is 1.14.